The number of anilines is 1. The summed E-state index contributed by atoms with van der Waals surface area (Å²) in [6.45, 7) is 5.96. The van der Waals surface area contributed by atoms with Crippen LogP contribution in [0.25, 0.3) is 6.08 Å². The second kappa shape index (κ2) is 8.41. The average Bonchev–Trinajstić information content (AvgIpc) is 2.61. The number of aryl methyl sites for hydroxylation is 1. The molecule has 134 valence electrons. The molecule has 2 N–H and O–H groups in total. The van der Waals surface area contributed by atoms with Crippen LogP contribution in [-0.4, -0.2) is 17.6 Å². The minimum absolute atomic E-state index is 0.0782. The zero-order valence-electron chi connectivity index (χ0n) is 14.8. The highest BCUT2D eigenvalue weighted by Gasteiger charge is 2.14. The number of benzene rings is 2. The molecule has 26 heavy (non-hydrogen) atoms. The lowest BCUT2D eigenvalue weighted by atomic mass is 10.1. The van der Waals surface area contributed by atoms with E-state index in [9.17, 15) is 15.2 Å². The van der Waals surface area contributed by atoms with E-state index in [4.69, 9.17) is 16.3 Å². The van der Waals surface area contributed by atoms with Crippen molar-refractivity contribution in [2.45, 2.75) is 20.8 Å². The molecule has 0 aliphatic carbocycles. The largest absolute Gasteiger partial charge is 0.503 e. The molecule has 0 fully saturated rings. The first-order valence-electron chi connectivity index (χ1n) is 8.02. The number of carbonyl (C=O) groups excluding carboxylic acids is 1. The van der Waals surface area contributed by atoms with Crippen LogP contribution < -0.4 is 10.1 Å². The Bertz CT molecular complexity index is 914. The maximum atomic E-state index is 12.5. The highest BCUT2D eigenvalue weighted by atomic mass is 35.5. The standard InChI is InChI=1S/C20H19ClN2O3/c1-4-26-18-10-14(9-16(21)19(18)24)8-15(11-22)20(25)23-17-7-5-6-12(2)13(17)3/h5-10,24H,4H2,1-3H3,(H,23,25)/b15-8+. The number of phenolic OH excluding ortho intramolecular Hbond substituents is 1. The number of carbonyl (C=O) groups is 1. The van der Waals surface area contributed by atoms with E-state index in [1.165, 1.54) is 18.2 Å². The third-order valence-corrected chi connectivity index (χ3v) is 4.17. The van der Waals surface area contributed by atoms with Crippen LogP contribution >= 0.6 is 11.6 Å². The topological polar surface area (TPSA) is 82.3 Å². The van der Waals surface area contributed by atoms with E-state index in [-0.39, 0.29) is 22.1 Å². The number of hydrogen-bond donors (Lipinski definition) is 2. The van der Waals surface area contributed by atoms with Gasteiger partial charge in [0.1, 0.15) is 11.6 Å². The van der Waals surface area contributed by atoms with E-state index >= 15 is 0 Å². The number of amides is 1. The molecule has 2 aromatic rings. The molecular formula is C20H19ClN2O3. The lowest BCUT2D eigenvalue weighted by molar-refractivity contribution is -0.112. The van der Waals surface area contributed by atoms with E-state index < -0.39 is 5.91 Å². The van der Waals surface area contributed by atoms with E-state index in [1.807, 2.05) is 32.0 Å². The van der Waals surface area contributed by atoms with Crippen molar-refractivity contribution in [1.29, 1.82) is 5.26 Å². The first kappa shape index (κ1) is 19.4. The fourth-order valence-corrected chi connectivity index (χ4v) is 2.55. The third kappa shape index (κ3) is 4.35. The second-order valence-electron chi connectivity index (χ2n) is 5.65. The summed E-state index contributed by atoms with van der Waals surface area (Å²) in [6, 6.07) is 10.4. The summed E-state index contributed by atoms with van der Waals surface area (Å²) in [4.78, 5) is 12.5. The predicted molar refractivity (Wildman–Crippen MR) is 102 cm³/mol. The van der Waals surface area contributed by atoms with Crippen LogP contribution in [0, 0.1) is 25.2 Å². The van der Waals surface area contributed by atoms with Gasteiger partial charge in [0.25, 0.3) is 5.91 Å². The van der Waals surface area contributed by atoms with Gasteiger partial charge < -0.3 is 15.2 Å². The Hall–Kier alpha value is -2.97. The molecule has 0 atom stereocenters. The number of hydrogen-bond acceptors (Lipinski definition) is 4. The number of nitriles is 1. The fourth-order valence-electron chi connectivity index (χ4n) is 2.33. The Balaban J connectivity index is 2.34. The normalized spacial score (nSPS) is 11.0. The van der Waals surface area contributed by atoms with Gasteiger partial charge in [-0.15, -0.1) is 0 Å². The van der Waals surface area contributed by atoms with Crippen molar-refractivity contribution in [2.75, 3.05) is 11.9 Å². The van der Waals surface area contributed by atoms with Crippen LogP contribution in [0.4, 0.5) is 5.69 Å². The van der Waals surface area contributed by atoms with Gasteiger partial charge in [0.05, 0.1) is 11.6 Å². The molecule has 0 heterocycles. The molecule has 0 aliphatic heterocycles. The monoisotopic (exact) mass is 370 g/mol. The van der Waals surface area contributed by atoms with Gasteiger partial charge in [0.15, 0.2) is 11.5 Å². The average molecular weight is 371 g/mol. The van der Waals surface area contributed by atoms with Gasteiger partial charge in [-0.05, 0) is 61.7 Å². The molecule has 0 saturated heterocycles. The Morgan fingerprint density at radius 1 is 1.38 bits per heavy atom. The molecule has 5 nitrogen and oxygen atoms in total. The summed E-state index contributed by atoms with van der Waals surface area (Å²) >= 11 is 5.99. The van der Waals surface area contributed by atoms with Gasteiger partial charge in [-0.25, -0.2) is 0 Å². The van der Waals surface area contributed by atoms with Crippen LogP contribution in [0.2, 0.25) is 5.02 Å². The smallest absolute Gasteiger partial charge is 0.266 e. The summed E-state index contributed by atoms with van der Waals surface area (Å²) in [6.07, 6.45) is 1.40. The molecule has 0 unspecified atom stereocenters. The van der Waals surface area contributed by atoms with Crippen LogP contribution in [0.1, 0.15) is 23.6 Å². The summed E-state index contributed by atoms with van der Waals surface area (Å²) < 4.78 is 5.31. The van der Waals surface area contributed by atoms with Crippen LogP contribution in [0.3, 0.4) is 0 Å². The minimum Gasteiger partial charge on any atom is -0.503 e. The van der Waals surface area contributed by atoms with E-state index in [0.717, 1.165) is 11.1 Å². The summed E-state index contributed by atoms with van der Waals surface area (Å²) in [5.41, 5.74) is 3.01. The van der Waals surface area contributed by atoms with Crippen LogP contribution in [0.5, 0.6) is 11.5 Å². The van der Waals surface area contributed by atoms with E-state index in [0.29, 0.717) is 17.9 Å². The van der Waals surface area contributed by atoms with E-state index in [1.54, 1.807) is 13.0 Å². The Labute approximate surface area is 157 Å². The molecule has 2 aromatic carbocycles. The summed E-state index contributed by atoms with van der Waals surface area (Å²) in [7, 11) is 0. The molecule has 0 aromatic heterocycles. The number of halogens is 1. The van der Waals surface area contributed by atoms with Gasteiger partial charge in [-0.1, -0.05) is 23.7 Å². The Kier molecular flexibility index (Phi) is 6.26. The Morgan fingerprint density at radius 3 is 2.77 bits per heavy atom. The van der Waals surface area contributed by atoms with Crippen molar-refractivity contribution in [2.24, 2.45) is 0 Å². The maximum absolute atomic E-state index is 12.5. The molecule has 0 saturated carbocycles. The van der Waals surface area contributed by atoms with Crippen molar-refractivity contribution >= 4 is 29.3 Å². The fraction of sp³-hybridized carbons (Fsp3) is 0.200. The molecule has 0 spiro atoms. The van der Waals surface area contributed by atoms with Crippen molar-refractivity contribution < 1.29 is 14.6 Å². The first-order valence-corrected chi connectivity index (χ1v) is 8.39. The lowest BCUT2D eigenvalue weighted by Crippen LogP contribution is -2.14. The predicted octanol–water partition coefficient (Wildman–Crippen LogP) is 4.61. The molecule has 0 bridgehead atoms. The number of nitrogens with one attached hydrogen (secondary N) is 1. The van der Waals surface area contributed by atoms with Gasteiger partial charge in [-0.3, -0.25) is 4.79 Å². The number of aromatic hydroxyl groups is 1. The van der Waals surface area contributed by atoms with Crippen molar-refractivity contribution in [3.8, 4) is 17.6 Å². The van der Waals surface area contributed by atoms with Crippen LogP contribution in [-0.2, 0) is 4.79 Å². The number of phenols is 1. The first-order chi connectivity index (χ1) is 12.4. The van der Waals surface area contributed by atoms with Crippen LogP contribution in [0.15, 0.2) is 35.9 Å². The zero-order chi connectivity index (χ0) is 19.3. The molecule has 6 heteroatoms. The minimum atomic E-state index is -0.525. The summed E-state index contributed by atoms with van der Waals surface area (Å²) in [5.74, 6) is -0.508. The van der Waals surface area contributed by atoms with Crippen molar-refractivity contribution in [3.63, 3.8) is 0 Å². The molecule has 1 amide bonds. The van der Waals surface area contributed by atoms with Gasteiger partial charge in [0, 0.05) is 5.69 Å². The number of nitrogens with zero attached hydrogens (tertiary/aromatic N) is 1. The Morgan fingerprint density at radius 2 is 2.12 bits per heavy atom. The van der Waals surface area contributed by atoms with Crippen molar-refractivity contribution in [1.82, 2.24) is 0 Å². The van der Waals surface area contributed by atoms with Gasteiger partial charge in [0.2, 0.25) is 0 Å². The van der Waals surface area contributed by atoms with Crippen molar-refractivity contribution in [3.05, 3.63) is 57.6 Å². The molecule has 0 aliphatic rings. The molecule has 0 radical (unpaired) electrons. The number of rotatable bonds is 5. The lowest BCUT2D eigenvalue weighted by Gasteiger charge is -2.10. The van der Waals surface area contributed by atoms with Gasteiger partial charge in [-0.2, -0.15) is 5.26 Å². The highest BCUT2D eigenvalue weighted by molar-refractivity contribution is 6.32. The quantitative estimate of drug-likeness (QED) is 0.594. The molecular weight excluding hydrogens is 352 g/mol. The molecule has 2 rings (SSSR count). The highest BCUT2D eigenvalue weighted by Crippen LogP contribution is 2.35. The van der Waals surface area contributed by atoms with Gasteiger partial charge >= 0.3 is 0 Å². The zero-order valence-corrected chi connectivity index (χ0v) is 15.5. The summed E-state index contributed by atoms with van der Waals surface area (Å²) in [5, 5.41) is 22.1. The second-order valence-corrected chi connectivity index (χ2v) is 6.06. The maximum Gasteiger partial charge on any atom is 0.266 e. The van der Waals surface area contributed by atoms with E-state index in [2.05, 4.69) is 5.32 Å². The SMILES string of the molecule is CCOc1cc(/C=C(\C#N)C(=O)Nc2cccc(C)c2C)cc(Cl)c1O. The third-order valence-electron chi connectivity index (χ3n) is 3.88. The number of ether oxygens (including phenoxy) is 1.